The Morgan fingerprint density at radius 1 is 1.29 bits per heavy atom. The van der Waals surface area contributed by atoms with Crippen LogP contribution in [0.2, 0.25) is 0 Å². The molecule has 1 fully saturated rings. The van der Waals surface area contributed by atoms with Crippen LogP contribution in [0.25, 0.3) is 0 Å². The molecular formula is C12H22N2O3. The van der Waals surface area contributed by atoms with E-state index in [1.54, 1.807) is 6.92 Å². The van der Waals surface area contributed by atoms with Crippen molar-refractivity contribution in [3.63, 3.8) is 0 Å². The molecule has 0 radical (unpaired) electrons. The minimum Gasteiger partial charge on any atom is -0.469 e. The van der Waals surface area contributed by atoms with Crippen LogP contribution in [0.4, 0.5) is 4.79 Å². The van der Waals surface area contributed by atoms with Gasteiger partial charge in [-0.3, -0.25) is 4.79 Å². The Bertz CT molecular complexity index is 262. The van der Waals surface area contributed by atoms with Crippen LogP contribution in [-0.4, -0.2) is 31.2 Å². The number of hydrogen-bond donors (Lipinski definition) is 2. The van der Waals surface area contributed by atoms with Gasteiger partial charge in [-0.25, -0.2) is 4.79 Å². The number of rotatable bonds is 4. The van der Waals surface area contributed by atoms with Gasteiger partial charge in [0, 0.05) is 12.1 Å². The lowest BCUT2D eigenvalue weighted by Gasteiger charge is -2.23. The van der Waals surface area contributed by atoms with E-state index in [-0.39, 0.29) is 30.5 Å². The van der Waals surface area contributed by atoms with Gasteiger partial charge in [0.15, 0.2) is 0 Å². The second kappa shape index (κ2) is 7.14. The average Bonchev–Trinajstić information content (AvgIpc) is 2.29. The Balaban J connectivity index is 2.21. The third-order valence-corrected chi connectivity index (χ3v) is 3.02. The zero-order valence-electron chi connectivity index (χ0n) is 10.6. The quantitative estimate of drug-likeness (QED) is 0.735. The maximum atomic E-state index is 11.6. The first-order valence-electron chi connectivity index (χ1n) is 6.25. The van der Waals surface area contributed by atoms with Gasteiger partial charge in [0.05, 0.1) is 13.5 Å². The second-order valence-corrected chi connectivity index (χ2v) is 4.63. The maximum Gasteiger partial charge on any atom is 0.315 e. The molecular weight excluding hydrogens is 220 g/mol. The van der Waals surface area contributed by atoms with E-state index in [0.717, 1.165) is 12.8 Å². The normalized spacial score (nSPS) is 18.2. The third kappa shape index (κ3) is 5.56. The van der Waals surface area contributed by atoms with Gasteiger partial charge in [-0.2, -0.15) is 0 Å². The standard InChI is InChI=1S/C12H22N2O3/c1-9(8-11(15)17-2)13-12(16)14-10-6-4-3-5-7-10/h9-10H,3-8H2,1-2H3,(H2,13,14,16)/t9-/m1/s1. The number of urea groups is 1. The van der Waals surface area contributed by atoms with Crippen molar-refractivity contribution in [2.24, 2.45) is 0 Å². The van der Waals surface area contributed by atoms with Crippen molar-refractivity contribution in [3.8, 4) is 0 Å². The molecule has 0 saturated heterocycles. The highest BCUT2D eigenvalue weighted by Crippen LogP contribution is 2.17. The van der Waals surface area contributed by atoms with E-state index in [4.69, 9.17) is 0 Å². The highest BCUT2D eigenvalue weighted by atomic mass is 16.5. The van der Waals surface area contributed by atoms with Crippen molar-refractivity contribution in [2.75, 3.05) is 7.11 Å². The summed E-state index contributed by atoms with van der Waals surface area (Å²) in [5, 5.41) is 5.68. The zero-order chi connectivity index (χ0) is 12.7. The zero-order valence-corrected chi connectivity index (χ0v) is 10.6. The molecule has 0 aromatic carbocycles. The van der Waals surface area contributed by atoms with Gasteiger partial charge in [-0.15, -0.1) is 0 Å². The fourth-order valence-electron chi connectivity index (χ4n) is 2.08. The Morgan fingerprint density at radius 3 is 2.53 bits per heavy atom. The number of amides is 2. The number of methoxy groups -OCH3 is 1. The molecule has 0 unspecified atom stereocenters. The lowest BCUT2D eigenvalue weighted by molar-refractivity contribution is -0.141. The molecule has 1 aliphatic rings. The van der Waals surface area contributed by atoms with E-state index in [1.165, 1.54) is 26.4 Å². The molecule has 2 N–H and O–H groups in total. The predicted molar refractivity (Wildman–Crippen MR) is 64.6 cm³/mol. The summed E-state index contributed by atoms with van der Waals surface area (Å²) >= 11 is 0. The minimum atomic E-state index is -0.310. The molecule has 1 saturated carbocycles. The van der Waals surface area contributed by atoms with Crippen LogP contribution in [0.1, 0.15) is 45.4 Å². The van der Waals surface area contributed by atoms with E-state index in [2.05, 4.69) is 15.4 Å². The largest absolute Gasteiger partial charge is 0.469 e. The summed E-state index contributed by atoms with van der Waals surface area (Å²) in [5.74, 6) is -0.310. The van der Waals surface area contributed by atoms with Crippen LogP contribution in [0.15, 0.2) is 0 Å². The Kier molecular flexibility index (Phi) is 5.80. The van der Waals surface area contributed by atoms with E-state index in [0.29, 0.717) is 0 Å². The molecule has 98 valence electrons. The number of esters is 1. The Hall–Kier alpha value is -1.26. The smallest absolute Gasteiger partial charge is 0.315 e. The lowest BCUT2D eigenvalue weighted by Crippen LogP contribution is -2.46. The highest BCUT2D eigenvalue weighted by Gasteiger charge is 2.17. The monoisotopic (exact) mass is 242 g/mol. The van der Waals surface area contributed by atoms with Crippen molar-refractivity contribution in [2.45, 2.75) is 57.5 Å². The molecule has 17 heavy (non-hydrogen) atoms. The first-order chi connectivity index (χ1) is 8.11. The van der Waals surface area contributed by atoms with Gasteiger partial charge in [-0.1, -0.05) is 19.3 Å². The molecule has 0 aromatic rings. The molecule has 0 heterocycles. The van der Waals surface area contributed by atoms with Crippen molar-refractivity contribution >= 4 is 12.0 Å². The number of ether oxygens (including phenoxy) is 1. The van der Waals surface area contributed by atoms with Crippen LogP contribution in [0.5, 0.6) is 0 Å². The number of nitrogens with one attached hydrogen (secondary N) is 2. The molecule has 1 atom stereocenters. The van der Waals surface area contributed by atoms with Crippen molar-refractivity contribution in [1.82, 2.24) is 10.6 Å². The Labute approximate surface area is 102 Å². The van der Waals surface area contributed by atoms with Crippen LogP contribution >= 0.6 is 0 Å². The molecule has 5 nitrogen and oxygen atoms in total. The first-order valence-corrected chi connectivity index (χ1v) is 6.25. The van der Waals surface area contributed by atoms with Crippen molar-refractivity contribution < 1.29 is 14.3 Å². The minimum absolute atomic E-state index is 0.187. The van der Waals surface area contributed by atoms with Crippen LogP contribution in [0.3, 0.4) is 0 Å². The number of carbonyl (C=O) groups excluding carboxylic acids is 2. The van der Waals surface area contributed by atoms with Gasteiger partial charge >= 0.3 is 12.0 Å². The predicted octanol–water partition coefficient (Wildman–Crippen LogP) is 1.57. The van der Waals surface area contributed by atoms with E-state index in [9.17, 15) is 9.59 Å². The van der Waals surface area contributed by atoms with Crippen molar-refractivity contribution in [3.05, 3.63) is 0 Å². The molecule has 1 aliphatic carbocycles. The summed E-state index contributed by atoms with van der Waals surface area (Å²) < 4.78 is 4.54. The molecule has 1 rings (SSSR count). The SMILES string of the molecule is COC(=O)C[C@@H](C)NC(=O)NC1CCCCC1. The molecule has 0 bridgehead atoms. The summed E-state index contributed by atoms with van der Waals surface area (Å²) in [4.78, 5) is 22.6. The molecule has 0 aromatic heterocycles. The highest BCUT2D eigenvalue weighted by molar-refractivity contribution is 5.76. The van der Waals surface area contributed by atoms with Gasteiger partial charge in [0.1, 0.15) is 0 Å². The molecule has 0 spiro atoms. The Morgan fingerprint density at radius 2 is 1.94 bits per heavy atom. The fraction of sp³-hybridized carbons (Fsp3) is 0.833. The van der Waals surface area contributed by atoms with Crippen molar-refractivity contribution in [1.29, 1.82) is 0 Å². The van der Waals surface area contributed by atoms with Gasteiger partial charge in [0.2, 0.25) is 0 Å². The first kappa shape index (κ1) is 13.8. The summed E-state index contributed by atoms with van der Waals surface area (Å²) in [6.07, 6.45) is 5.94. The van der Waals surface area contributed by atoms with Gasteiger partial charge < -0.3 is 15.4 Å². The molecule has 5 heteroatoms. The van der Waals surface area contributed by atoms with Crippen LogP contribution < -0.4 is 10.6 Å². The average molecular weight is 242 g/mol. The van der Waals surface area contributed by atoms with Gasteiger partial charge in [0.25, 0.3) is 0 Å². The van der Waals surface area contributed by atoms with E-state index < -0.39 is 0 Å². The van der Waals surface area contributed by atoms with E-state index >= 15 is 0 Å². The van der Waals surface area contributed by atoms with E-state index in [1.807, 2.05) is 0 Å². The topological polar surface area (TPSA) is 67.4 Å². The second-order valence-electron chi connectivity index (χ2n) is 4.63. The van der Waals surface area contributed by atoms with Gasteiger partial charge in [-0.05, 0) is 19.8 Å². The molecule has 0 aliphatic heterocycles. The number of carbonyl (C=O) groups is 2. The number of hydrogen-bond acceptors (Lipinski definition) is 3. The summed E-state index contributed by atoms with van der Waals surface area (Å²) in [5.41, 5.74) is 0. The maximum absolute atomic E-state index is 11.6. The van der Waals surface area contributed by atoms with Crippen LogP contribution in [-0.2, 0) is 9.53 Å². The summed E-state index contributed by atoms with van der Waals surface area (Å²) in [7, 11) is 1.34. The molecule has 2 amide bonds. The third-order valence-electron chi connectivity index (χ3n) is 3.02. The lowest BCUT2D eigenvalue weighted by atomic mass is 9.96. The fourth-order valence-corrected chi connectivity index (χ4v) is 2.08. The summed E-state index contributed by atoms with van der Waals surface area (Å²) in [6.45, 7) is 1.79. The summed E-state index contributed by atoms with van der Waals surface area (Å²) in [6, 6.07) is -0.103. The van der Waals surface area contributed by atoms with Crippen LogP contribution in [0, 0.1) is 0 Å².